The van der Waals surface area contributed by atoms with Crippen LogP contribution in [0, 0.1) is 0 Å². The van der Waals surface area contributed by atoms with Crippen molar-refractivity contribution in [3.05, 3.63) is 71.9 Å². The molecule has 1 saturated heterocycles. The van der Waals surface area contributed by atoms with Crippen molar-refractivity contribution in [3.63, 3.8) is 0 Å². The summed E-state index contributed by atoms with van der Waals surface area (Å²) in [6, 6.07) is 19.5. The molecule has 0 atom stereocenters. The number of hydrogen-bond acceptors (Lipinski definition) is 2. The fraction of sp³-hybridized carbons (Fsp3) is 0.333. The van der Waals surface area contributed by atoms with Gasteiger partial charge in [0.2, 0.25) is 0 Å². The largest absolute Gasteiger partial charge is 0.361 e. The molecule has 24 heavy (non-hydrogen) atoms. The summed E-state index contributed by atoms with van der Waals surface area (Å²) in [7, 11) is 0. The number of hydrogen-bond donors (Lipinski definition) is 1. The first-order chi connectivity index (χ1) is 11.9. The third kappa shape index (κ3) is 3.68. The van der Waals surface area contributed by atoms with E-state index in [9.17, 15) is 0 Å². The predicted octanol–water partition coefficient (Wildman–Crippen LogP) is 5.07. The highest BCUT2D eigenvalue weighted by Crippen LogP contribution is 2.28. The highest BCUT2D eigenvalue weighted by atomic mass is 32.2. The molecule has 0 spiro atoms. The second kappa shape index (κ2) is 7.45. The number of aromatic amines is 1. The number of aromatic nitrogens is 1. The minimum Gasteiger partial charge on any atom is -0.361 e. The molecule has 0 aliphatic carbocycles. The van der Waals surface area contributed by atoms with Crippen molar-refractivity contribution >= 4 is 22.7 Å². The summed E-state index contributed by atoms with van der Waals surface area (Å²) < 4.78 is 0. The Balaban J connectivity index is 1.28. The summed E-state index contributed by atoms with van der Waals surface area (Å²) in [5.74, 6) is 1.15. The van der Waals surface area contributed by atoms with Gasteiger partial charge in [-0.2, -0.15) is 11.8 Å². The van der Waals surface area contributed by atoms with Gasteiger partial charge in [0.1, 0.15) is 0 Å². The molecule has 1 N–H and O–H groups in total. The van der Waals surface area contributed by atoms with Crippen molar-refractivity contribution in [1.29, 1.82) is 0 Å². The van der Waals surface area contributed by atoms with Crippen LogP contribution in [0.4, 0.5) is 0 Å². The van der Waals surface area contributed by atoms with Crippen molar-refractivity contribution < 1.29 is 0 Å². The molecule has 2 aromatic carbocycles. The molecule has 1 aliphatic heterocycles. The third-order valence-corrected chi connectivity index (χ3v) is 6.37. The summed E-state index contributed by atoms with van der Waals surface area (Å²) >= 11 is 2.13. The van der Waals surface area contributed by atoms with Gasteiger partial charge in [-0.15, -0.1) is 0 Å². The maximum atomic E-state index is 3.39. The summed E-state index contributed by atoms with van der Waals surface area (Å²) in [5.41, 5.74) is 4.13. The van der Waals surface area contributed by atoms with E-state index in [1.807, 2.05) is 0 Å². The fourth-order valence-corrected chi connectivity index (χ4v) is 4.69. The van der Waals surface area contributed by atoms with Gasteiger partial charge >= 0.3 is 0 Å². The van der Waals surface area contributed by atoms with Gasteiger partial charge in [0.05, 0.1) is 0 Å². The minimum absolute atomic E-state index is 0.810. The Bertz CT molecular complexity index is 773. The molecule has 4 rings (SSSR count). The Kier molecular flexibility index (Phi) is 4.91. The van der Waals surface area contributed by atoms with Crippen molar-refractivity contribution in [1.82, 2.24) is 9.88 Å². The van der Waals surface area contributed by atoms with Crippen molar-refractivity contribution in [2.45, 2.75) is 30.4 Å². The van der Waals surface area contributed by atoms with E-state index in [1.54, 1.807) is 0 Å². The molecule has 2 heterocycles. The second-order valence-electron chi connectivity index (χ2n) is 6.63. The smallest absolute Gasteiger partial charge is 0.0457 e. The van der Waals surface area contributed by atoms with Crippen LogP contribution < -0.4 is 0 Å². The van der Waals surface area contributed by atoms with E-state index in [-0.39, 0.29) is 0 Å². The topological polar surface area (TPSA) is 19.0 Å². The first-order valence-corrected chi connectivity index (χ1v) is 9.86. The number of para-hydroxylation sites is 1. The first-order valence-electron chi connectivity index (χ1n) is 8.81. The zero-order valence-electron chi connectivity index (χ0n) is 13.9. The van der Waals surface area contributed by atoms with Gasteiger partial charge in [-0.3, -0.25) is 4.90 Å². The molecule has 124 valence electrons. The SMILES string of the molecule is c1ccc(CSC2CCN(Cc3c[nH]c4ccccc34)CC2)cc1. The predicted molar refractivity (Wildman–Crippen MR) is 104 cm³/mol. The maximum absolute atomic E-state index is 3.39. The number of rotatable bonds is 5. The molecule has 0 unspecified atom stereocenters. The van der Waals surface area contributed by atoms with Crippen LogP contribution in [0.2, 0.25) is 0 Å². The number of piperidine rings is 1. The molecule has 1 aromatic heterocycles. The van der Waals surface area contributed by atoms with E-state index in [2.05, 4.69) is 82.4 Å². The molecule has 1 fully saturated rings. The molecule has 3 aromatic rings. The lowest BCUT2D eigenvalue weighted by Gasteiger charge is -2.31. The zero-order valence-corrected chi connectivity index (χ0v) is 14.8. The zero-order chi connectivity index (χ0) is 16.2. The normalized spacial score (nSPS) is 16.7. The Morgan fingerprint density at radius 2 is 1.71 bits per heavy atom. The van der Waals surface area contributed by atoms with Crippen molar-refractivity contribution in [3.8, 4) is 0 Å². The molecular weight excluding hydrogens is 312 g/mol. The molecular formula is C21H24N2S. The van der Waals surface area contributed by atoms with Crippen LogP contribution in [0.15, 0.2) is 60.8 Å². The van der Waals surface area contributed by atoms with Gasteiger partial charge in [0, 0.05) is 34.6 Å². The van der Waals surface area contributed by atoms with Gasteiger partial charge in [-0.25, -0.2) is 0 Å². The lowest BCUT2D eigenvalue weighted by atomic mass is 10.1. The highest BCUT2D eigenvalue weighted by molar-refractivity contribution is 7.99. The quantitative estimate of drug-likeness (QED) is 0.702. The summed E-state index contributed by atoms with van der Waals surface area (Å²) in [4.78, 5) is 6.00. The van der Waals surface area contributed by atoms with E-state index < -0.39 is 0 Å². The maximum Gasteiger partial charge on any atom is 0.0457 e. The molecule has 0 bridgehead atoms. The van der Waals surface area contributed by atoms with E-state index >= 15 is 0 Å². The van der Waals surface area contributed by atoms with Crippen LogP contribution in [0.5, 0.6) is 0 Å². The number of H-pyrrole nitrogens is 1. The Labute approximate surface area is 148 Å². The van der Waals surface area contributed by atoms with Crippen molar-refractivity contribution in [2.24, 2.45) is 0 Å². The Morgan fingerprint density at radius 3 is 2.54 bits per heavy atom. The second-order valence-corrected chi connectivity index (χ2v) is 7.92. The van der Waals surface area contributed by atoms with Crippen LogP contribution in [0.25, 0.3) is 10.9 Å². The number of fused-ring (bicyclic) bond motifs is 1. The molecule has 0 saturated carbocycles. The standard InChI is InChI=1S/C21H24N2S/c1-2-6-17(7-3-1)16-24-19-10-12-23(13-11-19)15-18-14-22-21-9-5-4-8-20(18)21/h1-9,14,19,22H,10-13,15-16H2. The average Bonchev–Trinajstić information content (AvgIpc) is 3.05. The van der Waals surface area contributed by atoms with E-state index in [0.717, 1.165) is 17.5 Å². The summed E-state index contributed by atoms with van der Waals surface area (Å²) in [5, 5.41) is 2.18. The van der Waals surface area contributed by atoms with Gasteiger partial charge in [0.25, 0.3) is 0 Å². The fourth-order valence-electron chi connectivity index (χ4n) is 3.53. The lowest BCUT2D eigenvalue weighted by Crippen LogP contribution is -2.34. The van der Waals surface area contributed by atoms with Crippen LogP contribution in [0.3, 0.4) is 0 Å². The van der Waals surface area contributed by atoms with Gasteiger partial charge in [-0.05, 0) is 43.1 Å². The Morgan fingerprint density at radius 1 is 0.958 bits per heavy atom. The van der Waals surface area contributed by atoms with E-state index in [4.69, 9.17) is 0 Å². The van der Waals surface area contributed by atoms with Gasteiger partial charge < -0.3 is 4.98 Å². The number of likely N-dealkylation sites (tertiary alicyclic amines) is 1. The molecule has 2 nitrogen and oxygen atoms in total. The first kappa shape index (κ1) is 15.8. The number of nitrogens with one attached hydrogen (secondary N) is 1. The van der Waals surface area contributed by atoms with Crippen LogP contribution in [-0.4, -0.2) is 28.2 Å². The Hall–Kier alpha value is -1.71. The molecule has 0 radical (unpaired) electrons. The minimum atomic E-state index is 0.810. The lowest BCUT2D eigenvalue weighted by molar-refractivity contribution is 0.225. The van der Waals surface area contributed by atoms with Crippen molar-refractivity contribution in [2.75, 3.05) is 13.1 Å². The van der Waals surface area contributed by atoms with Crippen LogP contribution >= 0.6 is 11.8 Å². The van der Waals surface area contributed by atoms with Crippen LogP contribution in [-0.2, 0) is 12.3 Å². The number of thioether (sulfide) groups is 1. The van der Waals surface area contributed by atoms with E-state index in [0.29, 0.717) is 0 Å². The van der Waals surface area contributed by atoms with Gasteiger partial charge in [-0.1, -0.05) is 48.5 Å². The molecule has 3 heteroatoms. The summed E-state index contributed by atoms with van der Waals surface area (Å²) in [6.45, 7) is 3.50. The van der Waals surface area contributed by atoms with Gasteiger partial charge in [0.15, 0.2) is 0 Å². The highest BCUT2D eigenvalue weighted by Gasteiger charge is 2.20. The molecule has 1 aliphatic rings. The average molecular weight is 337 g/mol. The van der Waals surface area contributed by atoms with E-state index in [1.165, 1.54) is 48.0 Å². The summed E-state index contributed by atoms with van der Waals surface area (Å²) in [6.07, 6.45) is 4.79. The molecule has 0 amide bonds. The third-order valence-electron chi connectivity index (χ3n) is 4.93. The van der Waals surface area contributed by atoms with Crippen LogP contribution in [0.1, 0.15) is 24.0 Å². The number of benzene rings is 2. The monoisotopic (exact) mass is 336 g/mol. The number of nitrogens with zero attached hydrogens (tertiary/aromatic N) is 1.